The zero-order chi connectivity index (χ0) is 17.3. The van der Waals surface area contributed by atoms with E-state index in [4.69, 9.17) is 14.9 Å². The van der Waals surface area contributed by atoms with E-state index in [0.29, 0.717) is 0 Å². The summed E-state index contributed by atoms with van der Waals surface area (Å²) in [7, 11) is -11.0. The molecule has 6 N–H and O–H groups in total. The molecule has 1 rings (SSSR count). The van der Waals surface area contributed by atoms with Gasteiger partial charge in [0, 0.05) is 6.42 Å². The number of furan rings is 1. The Morgan fingerprint density at radius 1 is 1.18 bits per heavy atom. The van der Waals surface area contributed by atoms with Crippen molar-refractivity contribution in [2.75, 3.05) is 0 Å². The molecule has 0 saturated carbocycles. The first kappa shape index (κ1) is 18.6. The van der Waals surface area contributed by atoms with E-state index < -0.39 is 50.1 Å². The number of carbonyl (C=O) groups is 2. The van der Waals surface area contributed by atoms with E-state index in [1.165, 1.54) is 0 Å². The summed E-state index contributed by atoms with van der Waals surface area (Å²) in [5.74, 6) is -5.08. The van der Waals surface area contributed by atoms with E-state index in [0.717, 1.165) is 18.4 Å². The third-order valence-electron chi connectivity index (χ3n) is 2.96. The molecule has 11 nitrogen and oxygen atoms in total. The second-order valence-corrected chi connectivity index (χ2v) is 7.99. The molecule has 0 spiro atoms. The van der Waals surface area contributed by atoms with E-state index in [2.05, 4.69) is 4.42 Å². The molecule has 2 unspecified atom stereocenters. The lowest BCUT2D eigenvalue weighted by Gasteiger charge is -2.30. The highest BCUT2D eigenvalue weighted by atomic mass is 31.2. The quantitative estimate of drug-likeness (QED) is 0.351. The standard InChI is InChI=1S/C9H12O11P2/c10-7(11)5(21(14,15)16)4-9(8(12)13,22(17,18)19)6-2-1-3-20-6/h1-3,5H,4H2,(H,10,11)(H,12,13)(H2,14,15,16)(H2,17,18,19). The molecule has 0 radical (unpaired) electrons. The fourth-order valence-corrected chi connectivity index (χ4v) is 3.85. The maximum absolute atomic E-state index is 11.7. The molecule has 13 heteroatoms. The van der Waals surface area contributed by atoms with Crippen LogP contribution in [0.2, 0.25) is 0 Å². The average Bonchev–Trinajstić information content (AvgIpc) is 2.78. The molecule has 0 saturated heterocycles. The molecule has 2 atom stereocenters. The Labute approximate surface area is 122 Å². The molecule has 0 bridgehead atoms. The van der Waals surface area contributed by atoms with Crippen LogP contribution in [0.3, 0.4) is 0 Å². The highest BCUT2D eigenvalue weighted by Crippen LogP contribution is 2.62. The number of carboxylic acid groups (broad SMARTS) is 2. The lowest BCUT2D eigenvalue weighted by atomic mass is 9.99. The predicted octanol–water partition coefficient (Wildman–Crippen LogP) is -0.242. The van der Waals surface area contributed by atoms with E-state index in [1.54, 1.807) is 0 Å². The molecule has 22 heavy (non-hydrogen) atoms. The van der Waals surface area contributed by atoms with Crippen molar-refractivity contribution >= 4 is 27.1 Å². The van der Waals surface area contributed by atoms with Crippen LogP contribution in [-0.4, -0.2) is 47.4 Å². The van der Waals surface area contributed by atoms with Crippen LogP contribution in [0.5, 0.6) is 0 Å². The summed E-state index contributed by atoms with van der Waals surface area (Å²) in [6, 6.07) is 1.96. The van der Waals surface area contributed by atoms with Gasteiger partial charge in [-0.05, 0) is 12.1 Å². The Bertz CT molecular complexity index is 653. The molecule has 0 aliphatic rings. The number of rotatable bonds is 7. The Morgan fingerprint density at radius 3 is 2.00 bits per heavy atom. The first-order valence-electron chi connectivity index (χ1n) is 5.45. The van der Waals surface area contributed by atoms with Gasteiger partial charge in [-0.15, -0.1) is 0 Å². The fraction of sp³-hybridized carbons (Fsp3) is 0.333. The number of carboxylic acids is 2. The van der Waals surface area contributed by atoms with Gasteiger partial charge in [0.05, 0.1) is 6.26 Å². The van der Waals surface area contributed by atoms with Crippen LogP contribution in [0.4, 0.5) is 0 Å². The van der Waals surface area contributed by atoms with Crippen LogP contribution < -0.4 is 0 Å². The third kappa shape index (κ3) is 3.30. The van der Waals surface area contributed by atoms with Crippen LogP contribution >= 0.6 is 15.2 Å². The summed E-state index contributed by atoms with van der Waals surface area (Å²) >= 11 is 0. The molecule has 124 valence electrons. The molecule has 1 aromatic rings. The minimum atomic E-state index is -5.61. The fourth-order valence-electron chi connectivity index (χ4n) is 1.82. The van der Waals surface area contributed by atoms with Crippen molar-refractivity contribution in [1.29, 1.82) is 0 Å². The molecule has 0 aliphatic heterocycles. The van der Waals surface area contributed by atoms with Gasteiger partial charge in [-0.2, -0.15) is 0 Å². The lowest BCUT2D eigenvalue weighted by Crippen LogP contribution is -2.41. The summed E-state index contributed by atoms with van der Waals surface area (Å²) in [4.78, 5) is 59.2. The summed E-state index contributed by atoms with van der Waals surface area (Å²) in [6.45, 7) is 0. The van der Waals surface area contributed by atoms with Crippen molar-refractivity contribution in [2.24, 2.45) is 0 Å². The zero-order valence-corrected chi connectivity index (χ0v) is 12.4. The van der Waals surface area contributed by atoms with E-state index in [9.17, 15) is 33.6 Å². The van der Waals surface area contributed by atoms with Gasteiger partial charge in [-0.25, -0.2) is 0 Å². The van der Waals surface area contributed by atoms with Crippen molar-refractivity contribution in [1.82, 2.24) is 0 Å². The monoisotopic (exact) mass is 358 g/mol. The minimum absolute atomic E-state index is 0.812. The van der Waals surface area contributed by atoms with Gasteiger partial charge in [0.25, 0.3) is 0 Å². The highest BCUT2D eigenvalue weighted by Gasteiger charge is 2.61. The number of aliphatic carboxylic acids is 2. The molecular weight excluding hydrogens is 346 g/mol. The Morgan fingerprint density at radius 2 is 1.73 bits per heavy atom. The smallest absolute Gasteiger partial charge is 0.350 e. The molecule has 0 aromatic carbocycles. The second-order valence-electron chi connectivity index (χ2n) is 4.33. The van der Waals surface area contributed by atoms with Gasteiger partial charge < -0.3 is 34.2 Å². The van der Waals surface area contributed by atoms with Gasteiger partial charge in [-0.3, -0.25) is 18.7 Å². The SMILES string of the molecule is O=C(O)C(CC(C(=O)O)(c1ccco1)P(=O)(O)O)P(=O)(O)O. The maximum Gasteiger partial charge on any atom is 0.350 e. The summed E-state index contributed by atoms with van der Waals surface area (Å²) < 4.78 is 27.6. The third-order valence-corrected chi connectivity index (χ3v) is 5.76. The zero-order valence-electron chi connectivity index (χ0n) is 10.6. The van der Waals surface area contributed by atoms with Crippen molar-refractivity contribution in [2.45, 2.75) is 17.2 Å². The van der Waals surface area contributed by atoms with Gasteiger partial charge >= 0.3 is 27.1 Å². The maximum atomic E-state index is 11.7. The lowest BCUT2D eigenvalue weighted by molar-refractivity contribution is -0.142. The Hall–Kier alpha value is -1.48. The van der Waals surface area contributed by atoms with Crippen LogP contribution in [0.15, 0.2) is 22.8 Å². The van der Waals surface area contributed by atoms with Gasteiger partial charge in [-0.1, -0.05) is 0 Å². The van der Waals surface area contributed by atoms with Crippen molar-refractivity contribution in [3.05, 3.63) is 24.2 Å². The molecular formula is C9H12O11P2. The van der Waals surface area contributed by atoms with Gasteiger partial charge in [0.1, 0.15) is 5.76 Å². The second kappa shape index (κ2) is 5.96. The molecule has 0 amide bonds. The summed E-state index contributed by atoms with van der Waals surface area (Å²) in [5.41, 5.74) is -2.64. The highest BCUT2D eigenvalue weighted by molar-refractivity contribution is 7.55. The Kier molecular flexibility index (Phi) is 5.03. The van der Waals surface area contributed by atoms with E-state index in [-0.39, 0.29) is 0 Å². The minimum Gasteiger partial charge on any atom is -0.481 e. The normalized spacial score (nSPS) is 16.7. The molecule has 0 fully saturated rings. The average molecular weight is 358 g/mol. The summed E-state index contributed by atoms with van der Waals surface area (Å²) in [6.07, 6.45) is -0.671. The van der Waals surface area contributed by atoms with Crippen molar-refractivity contribution in [3.63, 3.8) is 0 Å². The molecule has 1 aromatic heterocycles. The molecule has 0 aliphatic carbocycles. The van der Waals surface area contributed by atoms with Gasteiger partial charge in [0.15, 0.2) is 5.66 Å². The van der Waals surface area contributed by atoms with Crippen molar-refractivity contribution in [3.8, 4) is 0 Å². The largest absolute Gasteiger partial charge is 0.481 e. The number of hydrogen-bond donors (Lipinski definition) is 6. The molecule has 1 heterocycles. The Balaban J connectivity index is 3.59. The first-order valence-corrected chi connectivity index (χ1v) is 8.74. The number of hydrogen-bond acceptors (Lipinski definition) is 5. The van der Waals surface area contributed by atoms with Crippen LogP contribution in [0.25, 0.3) is 0 Å². The summed E-state index contributed by atoms with van der Waals surface area (Å²) in [5, 5.41) is 14.8. The van der Waals surface area contributed by atoms with Gasteiger partial charge in [0.2, 0.25) is 5.16 Å². The van der Waals surface area contributed by atoms with Crippen LogP contribution in [0, 0.1) is 0 Å². The van der Waals surface area contributed by atoms with E-state index >= 15 is 0 Å². The van der Waals surface area contributed by atoms with E-state index in [1.807, 2.05) is 0 Å². The first-order chi connectivity index (χ1) is 9.84. The van der Waals surface area contributed by atoms with Crippen molar-refractivity contribution < 1.29 is 52.9 Å². The van der Waals surface area contributed by atoms with Crippen LogP contribution in [0.1, 0.15) is 12.2 Å². The van der Waals surface area contributed by atoms with Crippen LogP contribution in [-0.2, 0) is 23.9 Å². The predicted molar refractivity (Wildman–Crippen MR) is 68.2 cm³/mol. The topological polar surface area (TPSA) is 203 Å².